The summed E-state index contributed by atoms with van der Waals surface area (Å²) in [6, 6.07) is 19.2. The monoisotopic (exact) mass is 468 g/mol. The van der Waals surface area contributed by atoms with E-state index in [1.807, 2.05) is 73.8 Å². The summed E-state index contributed by atoms with van der Waals surface area (Å²) in [6.45, 7) is 4.48. The lowest BCUT2D eigenvalue weighted by atomic mass is 9.96. The van der Waals surface area contributed by atoms with Crippen molar-refractivity contribution in [2.45, 2.75) is 37.6 Å². The lowest BCUT2D eigenvalue weighted by Gasteiger charge is -2.32. The van der Waals surface area contributed by atoms with Crippen molar-refractivity contribution in [1.82, 2.24) is 9.62 Å². The van der Waals surface area contributed by atoms with E-state index in [4.69, 9.17) is 0 Å². The van der Waals surface area contributed by atoms with E-state index < -0.39 is 10.0 Å². The van der Waals surface area contributed by atoms with Gasteiger partial charge in [-0.2, -0.15) is 4.31 Å². The van der Waals surface area contributed by atoms with Gasteiger partial charge in [0.15, 0.2) is 0 Å². The van der Waals surface area contributed by atoms with Gasteiger partial charge in [0.2, 0.25) is 15.9 Å². The lowest BCUT2D eigenvalue weighted by molar-refractivity contribution is -0.126. The van der Waals surface area contributed by atoms with E-state index in [2.05, 4.69) is 5.32 Å². The van der Waals surface area contributed by atoms with Gasteiger partial charge < -0.3 is 5.32 Å². The molecule has 0 aliphatic carbocycles. The van der Waals surface area contributed by atoms with Crippen LogP contribution < -0.4 is 5.32 Å². The fourth-order valence-electron chi connectivity index (χ4n) is 4.27. The highest BCUT2D eigenvalue weighted by Crippen LogP contribution is 2.29. The second-order valence-corrected chi connectivity index (χ2v) is 11.2. The van der Waals surface area contributed by atoms with Crippen molar-refractivity contribution in [2.75, 3.05) is 13.1 Å². The topological polar surface area (TPSA) is 66.5 Å². The Morgan fingerprint density at radius 3 is 2.38 bits per heavy atom. The third kappa shape index (κ3) is 4.80. The zero-order chi connectivity index (χ0) is 22.7. The van der Waals surface area contributed by atoms with Crippen LogP contribution in [0, 0.1) is 19.8 Å². The summed E-state index contributed by atoms with van der Waals surface area (Å²) in [5.41, 5.74) is 2.83. The Bertz CT molecular complexity index is 1170. The number of carbonyl (C=O) groups is 1. The van der Waals surface area contributed by atoms with Crippen LogP contribution in [0.5, 0.6) is 0 Å². The van der Waals surface area contributed by atoms with Crippen LogP contribution >= 0.6 is 11.3 Å². The number of nitrogens with one attached hydrogen (secondary N) is 1. The van der Waals surface area contributed by atoms with Gasteiger partial charge in [0.05, 0.1) is 10.9 Å². The Labute approximate surface area is 194 Å². The Morgan fingerprint density at radius 2 is 1.75 bits per heavy atom. The van der Waals surface area contributed by atoms with E-state index >= 15 is 0 Å². The van der Waals surface area contributed by atoms with Crippen molar-refractivity contribution in [2.24, 2.45) is 5.92 Å². The minimum atomic E-state index is -3.56. The normalized spacial score (nSPS) is 16.6. The molecule has 1 atom stereocenters. The van der Waals surface area contributed by atoms with Crippen LogP contribution in [0.2, 0.25) is 0 Å². The quantitative estimate of drug-likeness (QED) is 0.572. The molecule has 1 saturated heterocycles. The minimum absolute atomic E-state index is 0.0178. The zero-order valence-corrected chi connectivity index (χ0v) is 20.0. The van der Waals surface area contributed by atoms with Crippen LogP contribution in [0.15, 0.2) is 70.9 Å². The first-order valence-electron chi connectivity index (χ1n) is 10.8. The Morgan fingerprint density at radius 1 is 1.03 bits per heavy atom. The number of nitrogens with zero attached hydrogens (tertiary/aromatic N) is 1. The van der Waals surface area contributed by atoms with Gasteiger partial charge in [-0.05, 0) is 55.3 Å². The average Bonchev–Trinajstić information content (AvgIpc) is 3.32. The average molecular weight is 469 g/mol. The standard InChI is InChI=1S/C25H28N2O3S2/c1-18-10-11-23(19(2)17-18)32(29,30)27-14-12-21(13-15-27)25(28)26-24(22-9-6-16-31-22)20-7-4-3-5-8-20/h3-11,16-17,21,24H,12-15H2,1-2H3,(H,26,28). The molecule has 5 nitrogen and oxygen atoms in total. The van der Waals surface area contributed by atoms with Crippen LogP contribution in [0.1, 0.15) is 40.5 Å². The van der Waals surface area contributed by atoms with Crippen LogP contribution in [0.25, 0.3) is 0 Å². The number of carbonyl (C=O) groups excluding carboxylic acids is 1. The maximum Gasteiger partial charge on any atom is 0.243 e. The first-order valence-corrected chi connectivity index (χ1v) is 13.1. The first kappa shape index (κ1) is 22.7. The van der Waals surface area contributed by atoms with Crippen LogP contribution in [0.4, 0.5) is 0 Å². The molecule has 2 heterocycles. The van der Waals surface area contributed by atoms with Gasteiger partial charge in [-0.1, -0.05) is 54.1 Å². The number of sulfonamides is 1. The number of thiophene rings is 1. The number of rotatable bonds is 6. The number of benzene rings is 2. The predicted octanol–water partition coefficient (Wildman–Crippen LogP) is 4.67. The Hall–Kier alpha value is -2.48. The third-order valence-electron chi connectivity index (χ3n) is 6.02. The van der Waals surface area contributed by atoms with Gasteiger partial charge in [0.1, 0.15) is 0 Å². The van der Waals surface area contributed by atoms with Crippen molar-refractivity contribution in [3.8, 4) is 0 Å². The maximum absolute atomic E-state index is 13.1. The fraction of sp³-hybridized carbons (Fsp3) is 0.320. The summed E-state index contributed by atoms with van der Waals surface area (Å²) in [7, 11) is -3.56. The molecule has 1 N–H and O–H groups in total. The van der Waals surface area contributed by atoms with Gasteiger partial charge >= 0.3 is 0 Å². The summed E-state index contributed by atoms with van der Waals surface area (Å²) in [6.07, 6.45) is 1.03. The molecule has 0 radical (unpaired) electrons. The van der Waals surface area contributed by atoms with E-state index in [0.717, 1.165) is 21.6 Å². The van der Waals surface area contributed by atoms with Crippen molar-refractivity contribution < 1.29 is 13.2 Å². The highest BCUT2D eigenvalue weighted by atomic mass is 32.2. The predicted molar refractivity (Wildman–Crippen MR) is 128 cm³/mol. The Kier molecular flexibility index (Phi) is 6.79. The molecule has 32 heavy (non-hydrogen) atoms. The second kappa shape index (κ2) is 9.57. The third-order valence-corrected chi connectivity index (χ3v) is 9.02. The molecular weight excluding hydrogens is 440 g/mol. The van der Waals surface area contributed by atoms with Crippen molar-refractivity contribution in [3.63, 3.8) is 0 Å². The molecule has 3 aromatic rings. The molecule has 1 aliphatic rings. The molecule has 1 aliphatic heterocycles. The fourth-order valence-corrected chi connectivity index (χ4v) is 6.74. The number of piperidine rings is 1. The molecule has 1 unspecified atom stereocenters. The Balaban J connectivity index is 1.44. The molecule has 7 heteroatoms. The summed E-state index contributed by atoms with van der Waals surface area (Å²) < 4.78 is 27.8. The highest BCUT2D eigenvalue weighted by Gasteiger charge is 2.33. The molecule has 1 fully saturated rings. The minimum Gasteiger partial charge on any atom is -0.344 e. The molecule has 4 rings (SSSR count). The highest BCUT2D eigenvalue weighted by molar-refractivity contribution is 7.89. The van der Waals surface area contributed by atoms with E-state index in [9.17, 15) is 13.2 Å². The molecule has 0 spiro atoms. The second-order valence-electron chi connectivity index (χ2n) is 8.32. The van der Waals surface area contributed by atoms with Crippen molar-refractivity contribution in [3.05, 3.63) is 87.6 Å². The molecule has 1 amide bonds. The molecular formula is C25H28N2O3S2. The summed E-state index contributed by atoms with van der Waals surface area (Å²) >= 11 is 1.62. The molecule has 0 saturated carbocycles. The lowest BCUT2D eigenvalue weighted by Crippen LogP contribution is -2.43. The number of amides is 1. The summed E-state index contributed by atoms with van der Waals surface area (Å²) in [4.78, 5) is 14.6. The van der Waals surface area contributed by atoms with Gasteiger partial charge in [-0.25, -0.2) is 8.42 Å². The van der Waals surface area contributed by atoms with Gasteiger partial charge in [-0.15, -0.1) is 11.3 Å². The van der Waals surface area contributed by atoms with Crippen molar-refractivity contribution in [1.29, 1.82) is 0 Å². The SMILES string of the molecule is Cc1ccc(S(=O)(=O)N2CCC(C(=O)NC(c3ccccc3)c3cccs3)CC2)c(C)c1. The molecule has 0 bridgehead atoms. The summed E-state index contributed by atoms with van der Waals surface area (Å²) in [5.74, 6) is -0.220. The summed E-state index contributed by atoms with van der Waals surface area (Å²) in [5, 5.41) is 5.22. The van der Waals surface area contributed by atoms with E-state index in [0.29, 0.717) is 30.8 Å². The van der Waals surface area contributed by atoms with E-state index in [-0.39, 0.29) is 17.9 Å². The first-order chi connectivity index (χ1) is 15.4. The van der Waals surface area contributed by atoms with Crippen LogP contribution in [0.3, 0.4) is 0 Å². The van der Waals surface area contributed by atoms with E-state index in [1.54, 1.807) is 17.4 Å². The van der Waals surface area contributed by atoms with Gasteiger partial charge in [0.25, 0.3) is 0 Å². The van der Waals surface area contributed by atoms with E-state index in [1.165, 1.54) is 4.31 Å². The molecule has 168 valence electrons. The smallest absolute Gasteiger partial charge is 0.243 e. The maximum atomic E-state index is 13.1. The number of hydrogen-bond acceptors (Lipinski definition) is 4. The molecule has 1 aromatic heterocycles. The van der Waals surface area contributed by atoms with Gasteiger partial charge in [0, 0.05) is 23.9 Å². The van der Waals surface area contributed by atoms with Crippen molar-refractivity contribution >= 4 is 27.3 Å². The van der Waals surface area contributed by atoms with Gasteiger partial charge in [-0.3, -0.25) is 4.79 Å². The van der Waals surface area contributed by atoms with Crippen LogP contribution in [-0.2, 0) is 14.8 Å². The molecule has 2 aromatic carbocycles. The number of aryl methyl sites for hydroxylation is 2. The zero-order valence-electron chi connectivity index (χ0n) is 18.3. The largest absolute Gasteiger partial charge is 0.344 e. The van der Waals surface area contributed by atoms with Crippen LogP contribution in [-0.4, -0.2) is 31.7 Å². The number of hydrogen-bond donors (Lipinski definition) is 1.